The molecule has 0 aliphatic rings. The van der Waals surface area contributed by atoms with Gasteiger partial charge in [-0.3, -0.25) is 4.79 Å². The molecule has 1 amide bonds. The molecule has 0 bridgehead atoms. The molecule has 1 N–H and O–H groups in total. The first-order valence-corrected chi connectivity index (χ1v) is 8.55. The number of nitrogens with one attached hydrogen (secondary N) is 1. The third-order valence-corrected chi connectivity index (χ3v) is 4.62. The summed E-state index contributed by atoms with van der Waals surface area (Å²) in [4.78, 5) is 16.7. The van der Waals surface area contributed by atoms with Crippen LogP contribution < -0.4 is 5.32 Å². The number of benzene rings is 2. The van der Waals surface area contributed by atoms with Crippen molar-refractivity contribution in [2.24, 2.45) is 0 Å². The Hall–Kier alpha value is -2.53. The molecule has 3 rings (SSSR count). The molecule has 0 saturated carbocycles. The molecule has 5 heteroatoms. The van der Waals surface area contributed by atoms with E-state index in [4.69, 9.17) is 0 Å². The Morgan fingerprint density at radius 2 is 2.04 bits per heavy atom. The largest absolute Gasteiger partial charge is 0.352 e. The zero-order valence-electron chi connectivity index (χ0n) is 13.3. The van der Waals surface area contributed by atoms with Crippen molar-refractivity contribution < 1.29 is 9.18 Å². The van der Waals surface area contributed by atoms with Crippen molar-refractivity contribution in [2.45, 2.75) is 13.3 Å². The van der Waals surface area contributed by atoms with Crippen LogP contribution in [0.25, 0.3) is 10.6 Å². The molecular weight excluding hydrogens is 323 g/mol. The number of rotatable bonds is 5. The van der Waals surface area contributed by atoms with Gasteiger partial charge in [0.2, 0.25) is 0 Å². The SMILES string of the molecule is Cc1ccccc1C(=O)NCCc1csc(-c2cccc(F)c2)n1. The quantitative estimate of drug-likeness (QED) is 0.755. The van der Waals surface area contributed by atoms with Gasteiger partial charge in [0.25, 0.3) is 5.91 Å². The molecule has 0 radical (unpaired) electrons. The van der Waals surface area contributed by atoms with Crippen molar-refractivity contribution in [1.29, 1.82) is 0 Å². The molecule has 2 aromatic carbocycles. The minimum absolute atomic E-state index is 0.0753. The lowest BCUT2D eigenvalue weighted by Gasteiger charge is -2.06. The lowest BCUT2D eigenvalue weighted by atomic mass is 10.1. The summed E-state index contributed by atoms with van der Waals surface area (Å²) in [6, 6.07) is 13.9. The number of nitrogens with zero attached hydrogens (tertiary/aromatic N) is 1. The van der Waals surface area contributed by atoms with Gasteiger partial charge in [-0.15, -0.1) is 11.3 Å². The predicted molar refractivity (Wildman–Crippen MR) is 94.7 cm³/mol. The number of thiazole rings is 1. The number of hydrogen-bond donors (Lipinski definition) is 1. The van der Waals surface area contributed by atoms with E-state index in [1.54, 1.807) is 6.07 Å². The molecule has 0 unspecified atom stereocenters. The van der Waals surface area contributed by atoms with E-state index < -0.39 is 0 Å². The van der Waals surface area contributed by atoms with Crippen LogP contribution in [0.3, 0.4) is 0 Å². The second kappa shape index (κ2) is 7.36. The van der Waals surface area contributed by atoms with Gasteiger partial charge in [0.1, 0.15) is 10.8 Å². The maximum absolute atomic E-state index is 13.3. The topological polar surface area (TPSA) is 42.0 Å². The van der Waals surface area contributed by atoms with Gasteiger partial charge in [-0.1, -0.05) is 30.3 Å². The van der Waals surface area contributed by atoms with E-state index in [0.29, 0.717) is 18.5 Å². The van der Waals surface area contributed by atoms with Crippen LogP contribution in [0.15, 0.2) is 53.9 Å². The average Bonchev–Trinajstić information content (AvgIpc) is 3.04. The zero-order valence-corrected chi connectivity index (χ0v) is 14.1. The molecule has 0 aliphatic carbocycles. The molecule has 0 saturated heterocycles. The fourth-order valence-electron chi connectivity index (χ4n) is 2.40. The first-order chi connectivity index (χ1) is 11.6. The fraction of sp³-hybridized carbons (Fsp3) is 0.158. The second-order valence-corrected chi connectivity index (χ2v) is 6.33. The van der Waals surface area contributed by atoms with Gasteiger partial charge in [0, 0.05) is 29.5 Å². The van der Waals surface area contributed by atoms with Crippen molar-refractivity contribution >= 4 is 17.2 Å². The Kier molecular flexibility index (Phi) is 5.01. The van der Waals surface area contributed by atoms with Crippen LogP contribution in [0.4, 0.5) is 4.39 Å². The van der Waals surface area contributed by atoms with E-state index in [1.165, 1.54) is 23.5 Å². The van der Waals surface area contributed by atoms with E-state index in [9.17, 15) is 9.18 Å². The number of aryl methyl sites for hydroxylation is 1. The fourth-order valence-corrected chi connectivity index (χ4v) is 3.25. The highest BCUT2D eigenvalue weighted by Gasteiger charge is 2.09. The first kappa shape index (κ1) is 16.3. The lowest BCUT2D eigenvalue weighted by Crippen LogP contribution is -2.26. The zero-order chi connectivity index (χ0) is 16.9. The summed E-state index contributed by atoms with van der Waals surface area (Å²) < 4.78 is 13.3. The summed E-state index contributed by atoms with van der Waals surface area (Å²) in [6.07, 6.45) is 0.642. The third kappa shape index (κ3) is 3.86. The molecule has 1 heterocycles. The predicted octanol–water partition coefficient (Wildman–Crippen LogP) is 4.23. The van der Waals surface area contributed by atoms with E-state index in [1.807, 2.05) is 42.6 Å². The van der Waals surface area contributed by atoms with Crippen LogP contribution >= 0.6 is 11.3 Å². The second-order valence-electron chi connectivity index (χ2n) is 5.48. The molecule has 0 spiro atoms. The maximum atomic E-state index is 13.3. The Balaban J connectivity index is 1.58. The van der Waals surface area contributed by atoms with Gasteiger partial charge in [-0.25, -0.2) is 9.37 Å². The van der Waals surface area contributed by atoms with Gasteiger partial charge < -0.3 is 5.32 Å². The molecule has 122 valence electrons. The van der Waals surface area contributed by atoms with Crippen molar-refractivity contribution in [2.75, 3.05) is 6.54 Å². The van der Waals surface area contributed by atoms with Crippen LogP contribution in [-0.4, -0.2) is 17.4 Å². The van der Waals surface area contributed by atoms with Gasteiger partial charge in [0.05, 0.1) is 5.69 Å². The van der Waals surface area contributed by atoms with Crippen molar-refractivity contribution in [3.63, 3.8) is 0 Å². The monoisotopic (exact) mass is 340 g/mol. The highest BCUT2D eigenvalue weighted by molar-refractivity contribution is 7.13. The van der Waals surface area contributed by atoms with E-state index >= 15 is 0 Å². The molecule has 24 heavy (non-hydrogen) atoms. The smallest absolute Gasteiger partial charge is 0.251 e. The van der Waals surface area contributed by atoms with Gasteiger partial charge >= 0.3 is 0 Å². The standard InChI is InChI=1S/C19H17FN2OS/c1-13-5-2-3-8-17(13)18(23)21-10-9-16-12-24-19(22-16)14-6-4-7-15(20)11-14/h2-8,11-12H,9-10H2,1H3,(H,21,23). The Morgan fingerprint density at radius 1 is 1.21 bits per heavy atom. The van der Waals surface area contributed by atoms with Gasteiger partial charge in [-0.2, -0.15) is 0 Å². The minimum atomic E-state index is -0.269. The van der Waals surface area contributed by atoms with Crippen LogP contribution in [0.5, 0.6) is 0 Å². The summed E-state index contributed by atoms with van der Waals surface area (Å²) >= 11 is 1.48. The van der Waals surface area contributed by atoms with Gasteiger partial charge in [-0.05, 0) is 30.7 Å². The average molecular weight is 340 g/mol. The maximum Gasteiger partial charge on any atom is 0.251 e. The highest BCUT2D eigenvalue weighted by Crippen LogP contribution is 2.24. The normalized spacial score (nSPS) is 10.6. The number of aromatic nitrogens is 1. The third-order valence-electron chi connectivity index (χ3n) is 3.68. The van der Waals surface area contributed by atoms with Crippen LogP contribution in [-0.2, 0) is 6.42 Å². The summed E-state index contributed by atoms with van der Waals surface area (Å²) in [5.74, 6) is -0.344. The number of amides is 1. The Bertz CT molecular complexity index is 860. The Morgan fingerprint density at radius 3 is 2.83 bits per heavy atom. The number of halogens is 1. The number of hydrogen-bond acceptors (Lipinski definition) is 3. The van der Waals surface area contributed by atoms with Gasteiger partial charge in [0.15, 0.2) is 0 Å². The van der Waals surface area contributed by atoms with Crippen LogP contribution in [0.1, 0.15) is 21.6 Å². The first-order valence-electron chi connectivity index (χ1n) is 7.67. The summed E-state index contributed by atoms with van der Waals surface area (Å²) in [5.41, 5.74) is 3.31. The number of carbonyl (C=O) groups is 1. The van der Waals surface area contributed by atoms with Crippen molar-refractivity contribution in [3.05, 3.63) is 76.5 Å². The molecule has 0 fully saturated rings. The van der Waals surface area contributed by atoms with Crippen molar-refractivity contribution in [3.8, 4) is 10.6 Å². The van der Waals surface area contributed by atoms with Crippen LogP contribution in [0.2, 0.25) is 0 Å². The van der Waals surface area contributed by atoms with E-state index in [2.05, 4.69) is 10.3 Å². The molecule has 3 nitrogen and oxygen atoms in total. The molecule has 0 aliphatic heterocycles. The Labute approximate surface area is 144 Å². The van der Waals surface area contributed by atoms with Crippen LogP contribution in [0, 0.1) is 12.7 Å². The summed E-state index contributed by atoms with van der Waals surface area (Å²) in [6.45, 7) is 2.43. The van der Waals surface area contributed by atoms with E-state index in [-0.39, 0.29) is 11.7 Å². The molecule has 0 atom stereocenters. The lowest BCUT2D eigenvalue weighted by molar-refractivity contribution is 0.0953. The van der Waals surface area contributed by atoms with Crippen molar-refractivity contribution in [1.82, 2.24) is 10.3 Å². The molecule has 3 aromatic rings. The highest BCUT2D eigenvalue weighted by atomic mass is 32.1. The van der Waals surface area contributed by atoms with E-state index in [0.717, 1.165) is 21.8 Å². The summed E-state index contributed by atoms with van der Waals surface area (Å²) in [7, 11) is 0. The molecule has 1 aromatic heterocycles. The minimum Gasteiger partial charge on any atom is -0.352 e. The molecular formula is C19H17FN2OS. The number of carbonyl (C=O) groups excluding carboxylic acids is 1. The summed E-state index contributed by atoms with van der Waals surface area (Å²) in [5, 5.41) is 5.64.